The van der Waals surface area contributed by atoms with Crippen LogP contribution in [0.15, 0.2) is 16.3 Å². The predicted octanol–water partition coefficient (Wildman–Crippen LogP) is 2.99. The van der Waals surface area contributed by atoms with Gasteiger partial charge in [-0.2, -0.15) is 0 Å². The van der Waals surface area contributed by atoms with E-state index in [2.05, 4.69) is 18.4 Å². The molecule has 1 rings (SSSR count). The van der Waals surface area contributed by atoms with Crippen molar-refractivity contribution >= 4 is 28.9 Å². The molecule has 0 radical (unpaired) electrons. The van der Waals surface area contributed by atoms with Gasteiger partial charge in [0.25, 0.3) is 0 Å². The number of thiophene rings is 1. The van der Waals surface area contributed by atoms with Gasteiger partial charge in [-0.15, -0.1) is 23.1 Å². The first kappa shape index (κ1) is 9.81. The summed E-state index contributed by atoms with van der Waals surface area (Å²) in [4.78, 5) is 13.3. The van der Waals surface area contributed by atoms with Crippen LogP contribution in [0.4, 0.5) is 0 Å². The van der Waals surface area contributed by atoms with Crippen molar-refractivity contribution in [2.45, 2.75) is 25.2 Å². The van der Waals surface area contributed by atoms with Gasteiger partial charge >= 0.3 is 0 Å². The zero-order valence-electron chi connectivity index (χ0n) is 7.29. The molecule has 0 aliphatic carbocycles. The van der Waals surface area contributed by atoms with Crippen LogP contribution in [0, 0.1) is 0 Å². The van der Waals surface area contributed by atoms with Crippen LogP contribution in [0.5, 0.6) is 0 Å². The molecular formula is C9H12OS2. The van der Waals surface area contributed by atoms with Crippen molar-refractivity contribution in [1.82, 2.24) is 0 Å². The average Bonchev–Trinajstić information content (AvgIpc) is 2.48. The quantitative estimate of drug-likeness (QED) is 0.695. The summed E-state index contributed by atoms with van der Waals surface area (Å²) in [5, 5.41) is 2.12. The number of ketones is 1. The second-order valence-electron chi connectivity index (χ2n) is 2.59. The highest BCUT2D eigenvalue weighted by Crippen LogP contribution is 2.24. The minimum atomic E-state index is 0.240. The highest BCUT2D eigenvalue weighted by atomic mass is 32.2. The van der Waals surface area contributed by atoms with Gasteiger partial charge in [-0.1, -0.05) is 6.92 Å². The molecule has 1 aromatic rings. The number of hydrogen-bond donors (Lipinski definition) is 0. The molecule has 3 heteroatoms. The molecule has 0 fully saturated rings. The molecule has 1 heterocycles. The van der Waals surface area contributed by atoms with E-state index in [9.17, 15) is 4.79 Å². The third-order valence-electron chi connectivity index (χ3n) is 1.42. The molecule has 0 atom stereocenters. The molecule has 0 unspecified atom stereocenters. The molecule has 0 N–H and O–H groups in total. The van der Waals surface area contributed by atoms with Crippen LogP contribution in [0.2, 0.25) is 0 Å². The first-order chi connectivity index (χ1) is 5.72. The molecule has 12 heavy (non-hydrogen) atoms. The SMILES string of the molecule is CCc1cc(SCC(C)=O)cs1. The lowest BCUT2D eigenvalue weighted by atomic mass is 10.4. The summed E-state index contributed by atoms with van der Waals surface area (Å²) in [6.45, 7) is 3.77. The van der Waals surface area contributed by atoms with E-state index in [0.29, 0.717) is 5.75 Å². The zero-order valence-corrected chi connectivity index (χ0v) is 8.93. The van der Waals surface area contributed by atoms with Crippen LogP contribution in [-0.4, -0.2) is 11.5 Å². The highest BCUT2D eigenvalue weighted by Gasteiger charge is 2.00. The second kappa shape index (κ2) is 4.67. The first-order valence-corrected chi connectivity index (χ1v) is 5.78. The Balaban J connectivity index is 2.47. The van der Waals surface area contributed by atoms with Crippen LogP contribution in [0.1, 0.15) is 18.7 Å². The third kappa shape index (κ3) is 2.99. The number of aryl methyl sites for hydroxylation is 1. The molecule has 0 bridgehead atoms. The van der Waals surface area contributed by atoms with Crippen molar-refractivity contribution < 1.29 is 4.79 Å². The van der Waals surface area contributed by atoms with E-state index in [1.807, 2.05) is 0 Å². The maximum absolute atomic E-state index is 10.7. The van der Waals surface area contributed by atoms with Crippen molar-refractivity contribution in [2.24, 2.45) is 0 Å². The van der Waals surface area contributed by atoms with Gasteiger partial charge in [0.1, 0.15) is 5.78 Å². The van der Waals surface area contributed by atoms with Crippen molar-refractivity contribution in [3.8, 4) is 0 Å². The third-order valence-corrected chi connectivity index (χ3v) is 3.77. The van der Waals surface area contributed by atoms with Gasteiger partial charge in [-0.05, 0) is 19.4 Å². The minimum absolute atomic E-state index is 0.240. The summed E-state index contributed by atoms with van der Waals surface area (Å²) in [7, 11) is 0. The smallest absolute Gasteiger partial charge is 0.140 e. The standard InChI is InChI=1S/C9H12OS2/c1-3-8-4-9(6-12-8)11-5-7(2)10/h4,6H,3,5H2,1-2H3. The van der Waals surface area contributed by atoms with Crippen LogP contribution in [-0.2, 0) is 11.2 Å². The normalized spacial score (nSPS) is 10.2. The van der Waals surface area contributed by atoms with Crippen LogP contribution in [0.25, 0.3) is 0 Å². The van der Waals surface area contributed by atoms with Gasteiger partial charge < -0.3 is 0 Å². The Morgan fingerprint density at radius 1 is 1.67 bits per heavy atom. The highest BCUT2D eigenvalue weighted by molar-refractivity contribution is 8.00. The van der Waals surface area contributed by atoms with Gasteiger partial charge in [-0.3, -0.25) is 4.79 Å². The minimum Gasteiger partial charge on any atom is -0.299 e. The van der Waals surface area contributed by atoms with Crippen LogP contribution in [0.3, 0.4) is 0 Å². The molecule has 1 nitrogen and oxygen atoms in total. The summed E-state index contributed by atoms with van der Waals surface area (Å²) in [5.41, 5.74) is 0. The fourth-order valence-electron chi connectivity index (χ4n) is 0.807. The van der Waals surface area contributed by atoms with Crippen molar-refractivity contribution in [1.29, 1.82) is 0 Å². The molecular weight excluding hydrogens is 188 g/mol. The number of rotatable bonds is 4. The molecule has 0 aromatic carbocycles. The number of hydrogen-bond acceptors (Lipinski definition) is 3. The summed E-state index contributed by atoms with van der Waals surface area (Å²) in [6.07, 6.45) is 1.09. The molecule has 0 saturated carbocycles. The van der Waals surface area contributed by atoms with E-state index in [4.69, 9.17) is 0 Å². The summed E-state index contributed by atoms with van der Waals surface area (Å²) in [5.74, 6) is 0.837. The van der Waals surface area contributed by atoms with Gasteiger partial charge in [-0.25, -0.2) is 0 Å². The molecule has 0 spiro atoms. The van der Waals surface area contributed by atoms with E-state index < -0.39 is 0 Å². The van der Waals surface area contributed by atoms with Crippen molar-refractivity contribution in [2.75, 3.05) is 5.75 Å². The predicted molar refractivity (Wildman–Crippen MR) is 55.1 cm³/mol. The second-order valence-corrected chi connectivity index (χ2v) is 4.64. The van der Waals surface area contributed by atoms with Crippen LogP contribution >= 0.6 is 23.1 Å². The topological polar surface area (TPSA) is 17.1 Å². The molecule has 0 aliphatic rings. The Kier molecular flexibility index (Phi) is 3.82. The maximum Gasteiger partial charge on any atom is 0.140 e. The summed E-state index contributed by atoms with van der Waals surface area (Å²) >= 11 is 3.39. The number of thioether (sulfide) groups is 1. The lowest BCUT2D eigenvalue weighted by Crippen LogP contribution is -1.91. The Morgan fingerprint density at radius 2 is 2.42 bits per heavy atom. The van der Waals surface area contributed by atoms with E-state index in [1.54, 1.807) is 30.0 Å². The Labute approximate surface area is 81.2 Å². The fraction of sp³-hybridized carbons (Fsp3) is 0.444. The average molecular weight is 200 g/mol. The molecule has 0 saturated heterocycles. The Hall–Kier alpha value is -0.280. The monoisotopic (exact) mass is 200 g/mol. The lowest BCUT2D eigenvalue weighted by Gasteiger charge is -1.91. The summed E-state index contributed by atoms with van der Waals surface area (Å²) < 4.78 is 0. The van der Waals surface area contributed by atoms with Crippen molar-refractivity contribution in [3.63, 3.8) is 0 Å². The Bertz CT molecular complexity index is 265. The molecule has 0 amide bonds. The number of Topliss-reactive ketones (excluding diaryl/α,β-unsaturated/α-hetero) is 1. The summed E-state index contributed by atoms with van der Waals surface area (Å²) in [6, 6.07) is 2.16. The Morgan fingerprint density at radius 3 is 2.92 bits per heavy atom. The van der Waals surface area contributed by atoms with Gasteiger partial charge in [0.15, 0.2) is 0 Å². The molecule has 1 aromatic heterocycles. The lowest BCUT2D eigenvalue weighted by molar-refractivity contribution is -0.114. The van der Waals surface area contributed by atoms with E-state index >= 15 is 0 Å². The van der Waals surface area contributed by atoms with Gasteiger partial charge in [0.05, 0.1) is 5.75 Å². The fourth-order valence-corrected chi connectivity index (χ4v) is 2.59. The van der Waals surface area contributed by atoms with Crippen molar-refractivity contribution in [3.05, 3.63) is 16.3 Å². The molecule has 0 aliphatic heterocycles. The number of carbonyl (C=O) groups is 1. The van der Waals surface area contributed by atoms with Gasteiger partial charge in [0.2, 0.25) is 0 Å². The largest absolute Gasteiger partial charge is 0.299 e. The number of carbonyl (C=O) groups excluding carboxylic acids is 1. The van der Waals surface area contributed by atoms with Crippen LogP contribution < -0.4 is 0 Å². The first-order valence-electron chi connectivity index (χ1n) is 3.92. The van der Waals surface area contributed by atoms with E-state index in [0.717, 1.165) is 6.42 Å². The van der Waals surface area contributed by atoms with Gasteiger partial charge in [0, 0.05) is 15.2 Å². The van der Waals surface area contributed by atoms with E-state index in [1.165, 1.54) is 9.77 Å². The zero-order chi connectivity index (χ0) is 8.97. The molecule has 66 valence electrons. The van der Waals surface area contributed by atoms with E-state index in [-0.39, 0.29) is 5.78 Å². The maximum atomic E-state index is 10.7.